The molecule has 0 aliphatic heterocycles. The van der Waals surface area contributed by atoms with E-state index >= 15 is 0 Å². The van der Waals surface area contributed by atoms with Gasteiger partial charge in [-0.25, -0.2) is 4.79 Å². The highest BCUT2D eigenvalue weighted by molar-refractivity contribution is 5.93. The van der Waals surface area contributed by atoms with Crippen LogP contribution in [-0.2, 0) is 4.79 Å². The summed E-state index contributed by atoms with van der Waals surface area (Å²) in [6.07, 6.45) is 2.40. The van der Waals surface area contributed by atoms with Crippen LogP contribution in [0.3, 0.4) is 0 Å². The minimum Gasteiger partial charge on any atom is -0.504 e. The molecule has 0 fully saturated rings. The number of hydrogen-bond donors (Lipinski definition) is 3. The van der Waals surface area contributed by atoms with Gasteiger partial charge in [-0.15, -0.1) is 0 Å². The molecule has 0 saturated heterocycles. The monoisotopic (exact) mass is 306 g/mol. The zero-order valence-corrected chi connectivity index (χ0v) is 12.1. The summed E-state index contributed by atoms with van der Waals surface area (Å²) >= 11 is 0. The Hall–Kier alpha value is -3.27. The number of aliphatic carboxylic acids is 1. The highest BCUT2D eigenvalue weighted by Gasteiger charge is 2.15. The van der Waals surface area contributed by atoms with Gasteiger partial charge in [0.1, 0.15) is 0 Å². The maximum Gasteiger partial charge on any atom is 0.328 e. The van der Waals surface area contributed by atoms with Crippen LogP contribution in [0.5, 0.6) is 11.5 Å². The lowest BCUT2D eigenvalue weighted by Gasteiger charge is -2.09. The second-order valence-corrected chi connectivity index (χ2v) is 5.13. The van der Waals surface area contributed by atoms with Crippen LogP contribution >= 0.6 is 0 Å². The summed E-state index contributed by atoms with van der Waals surface area (Å²) in [5.41, 5.74) is 4.04. The summed E-state index contributed by atoms with van der Waals surface area (Å²) in [6.45, 7) is 0. The van der Waals surface area contributed by atoms with E-state index in [9.17, 15) is 15.0 Å². The van der Waals surface area contributed by atoms with Crippen molar-refractivity contribution in [2.75, 3.05) is 0 Å². The number of hydrogen-bond acceptors (Lipinski definition) is 3. The Morgan fingerprint density at radius 2 is 1.57 bits per heavy atom. The van der Waals surface area contributed by atoms with Gasteiger partial charge < -0.3 is 15.3 Å². The number of rotatable bonds is 3. The maximum atomic E-state index is 10.8. The average Bonchev–Trinajstić information content (AvgIpc) is 2.76. The number of aromatic hydroxyl groups is 2. The number of carbonyl (C=O) groups is 1. The van der Waals surface area contributed by atoms with E-state index < -0.39 is 5.97 Å². The molecule has 0 atom stereocenters. The first-order chi connectivity index (χ1) is 11.1. The topological polar surface area (TPSA) is 77.8 Å². The first kappa shape index (κ1) is 14.7. The quantitative estimate of drug-likeness (QED) is 0.505. The number of benzene rings is 1. The largest absolute Gasteiger partial charge is 0.504 e. The predicted molar refractivity (Wildman–Crippen MR) is 88.5 cm³/mol. The van der Waals surface area contributed by atoms with Gasteiger partial charge in [0.25, 0.3) is 0 Å². The van der Waals surface area contributed by atoms with Crippen LogP contribution in [-0.4, -0.2) is 21.3 Å². The molecule has 4 nitrogen and oxygen atoms in total. The summed E-state index contributed by atoms with van der Waals surface area (Å²) in [7, 11) is 0. The Balaban J connectivity index is 2.22. The molecule has 1 aromatic carbocycles. The summed E-state index contributed by atoms with van der Waals surface area (Å²) in [4.78, 5) is 10.8. The molecule has 114 valence electrons. The molecule has 0 unspecified atom stereocenters. The second-order valence-electron chi connectivity index (χ2n) is 5.13. The number of phenols is 2. The van der Waals surface area contributed by atoms with Crippen LogP contribution in [0.2, 0.25) is 0 Å². The van der Waals surface area contributed by atoms with Gasteiger partial charge in [0, 0.05) is 6.08 Å². The van der Waals surface area contributed by atoms with E-state index in [1.165, 1.54) is 18.2 Å². The molecule has 0 aromatic heterocycles. The molecule has 2 aliphatic carbocycles. The van der Waals surface area contributed by atoms with E-state index in [0.29, 0.717) is 11.1 Å². The van der Waals surface area contributed by atoms with Gasteiger partial charge in [0.2, 0.25) is 0 Å². The second kappa shape index (κ2) is 5.85. The van der Waals surface area contributed by atoms with Crippen molar-refractivity contribution >= 4 is 12.0 Å². The molecule has 2 aliphatic rings. The number of phenolic OH excluding ortho intramolecular Hbond substituents is 2. The SMILES string of the molecule is O=C(O)/C=C/c1cc(O)c(O)cc1-c1ccc2cccccc1-2. The fraction of sp³-hybridized carbons (Fsp3) is 0. The summed E-state index contributed by atoms with van der Waals surface area (Å²) in [5.74, 6) is -1.62. The normalized spacial score (nSPS) is 11.1. The minimum absolute atomic E-state index is 0.248. The first-order valence-corrected chi connectivity index (χ1v) is 7.01. The standard InChI is InChI=1S/C19H14O4/c20-17-10-13(7-9-19(22)23)16(11-18(17)21)15-8-6-12-4-2-1-3-5-14(12)15/h1-11,20-21H,(H,22,23)/b9-7+. The van der Waals surface area contributed by atoms with Crippen LogP contribution in [0.4, 0.5) is 0 Å². The molecule has 0 amide bonds. The number of fused-ring (bicyclic) bond motifs is 1. The smallest absolute Gasteiger partial charge is 0.328 e. The molecule has 4 heteroatoms. The van der Waals surface area contributed by atoms with Gasteiger partial charge in [-0.3, -0.25) is 0 Å². The van der Waals surface area contributed by atoms with Gasteiger partial charge in [-0.2, -0.15) is 0 Å². The van der Waals surface area contributed by atoms with Crippen molar-refractivity contribution in [3.05, 3.63) is 66.2 Å². The van der Waals surface area contributed by atoms with Crippen molar-refractivity contribution in [1.29, 1.82) is 0 Å². The van der Waals surface area contributed by atoms with Gasteiger partial charge in [0.15, 0.2) is 11.5 Å². The van der Waals surface area contributed by atoms with E-state index in [1.54, 1.807) is 0 Å². The first-order valence-electron chi connectivity index (χ1n) is 7.01. The zero-order valence-electron chi connectivity index (χ0n) is 12.1. The van der Waals surface area contributed by atoms with Gasteiger partial charge in [-0.05, 0) is 46.0 Å². The van der Waals surface area contributed by atoms with E-state index in [0.717, 1.165) is 22.8 Å². The van der Waals surface area contributed by atoms with Gasteiger partial charge in [0.05, 0.1) is 0 Å². The lowest BCUT2D eigenvalue weighted by Crippen LogP contribution is -1.88. The molecule has 3 rings (SSSR count). The fourth-order valence-corrected chi connectivity index (χ4v) is 2.57. The lowest BCUT2D eigenvalue weighted by atomic mass is 9.96. The van der Waals surface area contributed by atoms with Gasteiger partial charge in [-0.1, -0.05) is 42.5 Å². The van der Waals surface area contributed by atoms with Gasteiger partial charge >= 0.3 is 5.97 Å². The molecule has 0 bridgehead atoms. The van der Waals surface area contributed by atoms with E-state index in [-0.39, 0.29) is 11.5 Å². The van der Waals surface area contributed by atoms with Crippen molar-refractivity contribution in [2.45, 2.75) is 0 Å². The van der Waals surface area contributed by atoms with E-state index in [1.807, 2.05) is 42.5 Å². The van der Waals surface area contributed by atoms with Crippen molar-refractivity contribution < 1.29 is 20.1 Å². The molecule has 3 N–H and O–H groups in total. The van der Waals surface area contributed by atoms with Crippen LogP contribution in [0, 0.1) is 0 Å². The Morgan fingerprint density at radius 3 is 2.35 bits per heavy atom. The maximum absolute atomic E-state index is 10.8. The molecule has 0 heterocycles. The molecule has 0 spiro atoms. The van der Waals surface area contributed by atoms with E-state index in [2.05, 4.69) is 0 Å². The molecule has 0 radical (unpaired) electrons. The Labute approximate surface area is 132 Å². The van der Waals surface area contributed by atoms with E-state index in [4.69, 9.17) is 5.11 Å². The third-order valence-corrected chi connectivity index (χ3v) is 3.63. The number of carboxylic acid groups (broad SMARTS) is 1. The predicted octanol–water partition coefficient (Wildman–Crippen LogP) is 3.97. The van der Waals surface area contributed by atoms with Crippen molar-refractivity contribution in [3.8, 4) is 33.8 Å². The fourth-order valence-electron chi connectivity index (χ4n) is 2.57. The zero-order chi connectivity index (χ0) is 16.4. The Morgan fingerprint density at radius 1 is 0.826 bits per heavy atom. The van der Waals surface area contributed by atoms with Crippen LogP contribution in [0.25, 0.3) is 28.3 Å². The number of carboxylic acids is 1. The highest BCUT2D eigenvalue weighted by atomic mass is 16.4. The molecule has 23 heavy (non-hydrogen) atoms. The lowest BCUT2D eigenvalue weighted by molar-refractivity contribution is -0.131. The summed E-state index contributed by atoms with van der Waals surface area (Å²) in [6, 6.07) is 16.4. The van der Waals surface area contributed by atoms with Crippen LogP contribution in [0.15, 0.2) is 60.7 Å². The van der Waals surface area contributed by atoms with Crippen molar-refractivity contribution in [1.82, 2.24) is 0 Å². The van der Waals surface area contributed by atoms with Crippen molar-refractivity contribution in [3.63, 3.8) is 0 Å². The molecule has 1 aromatic rings. The summed E-state index contributed by atoms with van der Waals surface area (Å²) in [5, 5.41) is 28.4. The molecular formula is C19H14O4. The van der Waals surface area contributed by atoms with Crippen LogP contribution < -0.4 is 0 Å². The minimum atomic E-state index is -1.08. The van der Waals surface area contributed by atoms with Crippen LogP contribution in [0.1, 0.15) is 5.56 Å². The molecular weight excluding hydrogens is 292 g/mol. The summed E-state index contributed by atoms with van der Waals surface area (Å²) < 4.78 is 0. The Kier molecular flexibility index (Phi) is 3.73. The highest BCUT2D eigenvalue weighted by Crippen LogP contribution is 2.41. The third-order valence-electron chi connectivity index (χ3n) is 3.63. The van der Waals surface area contributed by atoms with Crippen molar-refractivity contribution in [2.24, 2.45) is 0 Å². The third kappa shape index (κ3) is 2.87. The Bertz CT molecular complexity index is 880. The average molecular weight is 306 g/mol. The molecule has 0 saturated carbocycles.